The average Bonchev–Trinajstić information content (AvgIpc) is 2.98. The van der Waals surface area contributed by atoms with Crippen LogP contribution in [0, 0.1) is 5.92 Å². The lowest BCUT2D eigenvalue weighted by atomic mass is 9.85. The van der Waals surface area contributed by atoms with E-state index < -0.39 is 0 Å². The SMILES string of the molecule is COc1ccc(C2=C(C)C3=NC(C)(C4CCNCC4)N=CC3=N2)cc1. The van der Waals surface area contributed by atoms with Crippen molar-refractivity contribution in [3.05, 3.63) is 35.4 Å². The quantitative estimate of drug-likeness (QED) is 0.922. The molecule has 130 valence electrons. The number of hydrogen-bond donors (Lipinski definition) is 1. The molecule has 25 heavy (non-hydrogen) atoms. The van der Waals surface area contributed by atoms with E-state index >= 15 is 0 Å². The zero-order valence-corrected chi connectivity index (χ0v) is 15.0. The van der Waals surface area contributed by atoms with E-state index in [2.05, 4.69) is 19.2 Å². The topological polar surface area (TPSA) is 58.3 Å². The van der Waals surface area contributed by atoms with Crippen molar-refractivity contribution in [2.75, 3.05) is 20.2 Å². The number of hydrogen-bond acceptors (Lipinski definition) is 5. The number of benzene rings is 1. The number of allylic oxidation sites excluding steroid dienone is 1. The molecule has 1 fully saturated rings. The van der Waals surface area contributed by atoms with Gasteiger partial charge in [0.05, 0.1) is 24.7 Å². The third-order valence-electron chi connectivity index (χ3n) is 5.45. The summed E-state index contributed by atoms with van der Waals surface area (Å²) in [5.74, 6) is 1.33. The van der Waals surface area contributed by atoms with Gasteiger partial charge in [-0.2, -0.15) is 0 Å². The lowest BCUT2D eigenvalue weighted by Gasteiger charge is -2.36. The van der Waals surface area contributed by atoms with Crippen molar-refractivity contribution in [1.29, 1.82) is 0 Å². The molecule has 5 heteroatoms. The van der Waals surface area contributed by atoms with Gasteiger partial charge in [-0.1, -0.05) is 0 Å². The summed E-state index contributed by atoms with van der Waals surface area (Å²) >= 11 is 0. The van der Waals surface area contributed by atoms with Gasteiger partial charge in [0.25, 0.3) is 0 Å². The molecule has 0 spiro atoms. The number of rotatable bonds is 3. The molecule has 1 unspecified atom stereocenters. The molecular formula is C20H24N4O. The molecule has 3 aliphatic rings. The van der Waals surface area contributed by atoms with Crippen molar-refractivity contribution < 1.29 is 4.74 Å². The normalized spacial score (nSPS) is 26.4. The summed E-state index contributed by atoms with van der Waals surface area (Å²) in [7, 11) is 1.68. The smallest absolute Gasteiger partial charge is 0.151 e. The maximum atomic E-state index is 5.25. The minimum absolute atomic E-state index is 0.368. The Bertz CT molecular complexity index is 797. The van der Waals surface area contributed by atoms with Crippen LogP contribution in [0.15, 0.2) is 44.8 Å². The summed E-state index contributed by atoms with van der Waals surface area (Å²) in [6.45, 7) is 6.36. The van der Waals surface area contributed by atoms with Crippen LogP contribution in [0.5, 0.6) is 5.75 Å². The molecule has 1 N–H and O–H groups in total. The highest BCUT2D eigenvalue weighted by Gasteiger charge is 2.38. The van der Waals surface area contributed by atoms with E-state index in [1.807, 2.05) is 30.5 Å². The number of piperidine rings is 1. The monoisotopic (exact) mass is 336 g/mol. The van der Waals surface area contributed by atoms with Crippen molar-refractivity contribution in [2.45, 2.75) is 32.4 Å². The Balaban J connectivity index is 1.68. The zero-order chi connectivity index (χ0) is 17.4. The molecule has 4 rings (SSSR count). The van der Waals surface area contributed by atoms with Crippen molar-refractivity contribution in [2.24, 2.45) is 20.9 Å². The van der Waals surface area contributed by atoms with Crippen LogP contribution < -0.4 is 10.1 Å². The predicted octanol–water partition coefficient (Wildman–Crippen LogP) is 3.12. The van der Waals surface area contributed by atoms with E-state index in [-0.39, 0.29) is 5.66 Å². The molecular weight excluding hydrogens is 312 g/mol. The minimum Gasteiger partial charge on any atom is -0.497 e. The van der Waals surface area contributed by atoms with Gasteiger partial charge in [0.1, 0.15) is 11.5 Å². The van der Waals surface area contributed by atoms with E-state index in [1.54, 1.807) is 7.11 Å². The van der Waals surface area contributed by atoms with Crippen molar-refractivity contribution in [3.8, 4) is 5.75 Å². The van der Waals surface area contributed by atoms with Gasteiger partial charge in [0.2, 0.25) is 0 Å². The van der Waals surface area contributed by atoms with Crippen LogP contribution in [0.4, 0.5) is 0 Å². The fourth-order valence-electron chi connectivity index (χ4n) is 3.84. The lowest BCUT2D eigenvalue weighted by molar-refractivity contribution is 0.243. The molecule has 3 aliphatic heterocycles. The number of nitrogens with one attached hydrogen (secondary N) is 1. The van der Waals surface area contributed by atoms with Crippen molar-refractivity contribution in [1.82, 2.24) is 5.32 Å². The third kappa shape index (κ3) is 2.82. The van der Waals surface area contributed by atoms with Gasteiger partial charge in [-0.25, -0.2) is 4.99 Å². The van der Waals surface area contributed by atoms with E-state index in [0.717, 1.165) is 59.9 Å². The second-order valence-corrected chi connectivity index (χ2v) is 7.04. The molecule has 0 aromatic heterocycles. The van der Waals surface area contributed by atoms with Crippen molar-refractivity contribution >= 4 is 23.3 Å². The first kappa shape index (κ1) is 16.2. The summed E-state index contributed by atoms with van der Waals surface area (Å²) in [6.07, 6.45) is 4.15. The van der Waals surface area contributed by atoms with Crippen LogP contribution in [0.3, 0.4) is 0 Å². The van der Waals surface area contributed by atoms with Crippen LogP contribution in [-0.4, -0.2) is 43.5 Å². The van der Waals surface area contributed by atoms with Gasteiger partial charge in [-0.05, 0) is 64.0 Å². The summed E-state index contributed by atoms with van der Waals surface area (Å²) < 4.78 is 5.25. The zero-order valence-electron chi connectivity index (χ0n) is 15.0. The molecule has 0 amide bonds. The Hall–Kier alpha value is -2.27. The average molecular weight is 336 g/mol. The van der Waals surface area contributed by atoms with E-state index in [1.165, 1.54) is 0 Å². The van der Waals surface area contributed by atoms with E-state index in [0.29, 0.717) is 5.92 Å². The van der Waals surface area contributed by atoms with Gasteiger partial charge >= 0.3 is 0 Å². The molecule has 0 aliphatic carbocycles. The fraction of sp³-hybridized carbons (Fsp3) is 0.450. The number of ether oxygens (including phenoxy) is 1. The number of nitrogens with zero attached hydrogens (tertiary/aromatic N) is 3. The molecule has 0 bridgehead atoms. The highest BCUT2D eigenvalue weighted by molar-refractivity contribution is 6.69. The standard InChI is InChI=1S/C20H24N4O/c1-13-18(14-4-6-16(25-3)7-5-14)23-17-12-22-20(2,24-19(13)17)15-8-10-21-11-9-15/h4-7,12,15,21H,8-11H2,1-3H3. The van der Waals surface area contributed by atoms with Crippen LogP contribution >= 0.6 is 0 Å². The lowest BCUT2D eigenvalue weighted by Crippen LogP contribution is -2.42. The molecule has 0 radical (unpaired) electrons. The molecule has 3 heterocycles. The minimum atomic E-state index is -0.368. The fourth-order valence-corrected chi connectivity index (χ4v) is 3.84. The first-order valence-corrected chi connectivity index (χ1v) is 8.91. The first-order chi connectivity index (χ1) is 12.1. The molecule has 1 aromatic rings. The van der Waals surface area contributed by atoms with Crippen LogP contribution in [0.25, 0.3) is 5.70 Å². The van der Waals surface area contributed by atoms with Crippen LogP contribution in [0.2, 0.25) is 0 Å². The number of fused-ring (bicyclic) bond motifs is 1. The maximum absolute atomic E-state index is 5.25. The molecule has 1 aromatic carbocycles. The number of methoxy groups -OCH3 is 1. The Labute approximate surface area is 148 Å². The molecule has 5 nitrogen and oxygen atoms in total. The van der Waals surface area contributed by atoms with Gasteiger partial charge in [0, 0.05) is 17.1 Å². The summed E-state index contributed by atoms with van der Waals surface area (Å²) in [6, 6.07) is 8.02. The van der Waals surface area contributed by atoms with Gasteiger partial charge < -0.3 is 10.1 Å². The van der Waals surface area contributed by atoms with E-state index in [9.17, 15) is 0 Å². The van der Waals surface area contributed by atoms with Gasteiger partial charge in [-0.15, -0.1) is 0 Å². The summed E-state index contributed by atoms with van der Waals surface area (Å²) in [5, 5.41) is 3.42. The second-order valence-electron chi connectivity index (χ2n) is 7.04. The Kier molecular flexibility index (Phi) is 4.04. The highest BCUT2D eigenvalue weighted by Crippen LogP contribution is 2.36. The second kappa shape index (κ2) is 6.23. The Morgan fingerprint density at radius 3 is 2.56 bits per heavy atom. The predicted molar refractivity (Wildman–Crippen MR) is 103 cm³/mol. The first-order valence-electron chi connectivity index (χ1n) is 8.91. The summed E-state index contributed by atoms with van der Waals surface area (Å²) in [5.41, 5.74) is 4.72. The third-order valence-corrected chi connectivity index (χ3v) is 5.45. The summed E-state index contributed by atoms with van der Waals surface area (Å²) in [4.78, 5) is 14.7. The van der Waals surface area contributed by atoms with Gasteiger partial charge in [-0.3, -0.25) is 9.98 Å². The number of aliphatic imine (C=N–C) groups is 3. The van der Waals surface area contributed by atoms with Crippen LogP contribution in [-0.2, 0) is 0 Å². The highest BCUT2D eigenvalue weighted by atomic mass is 16.5. The molecule has 1 atom stereocenters. The largest absolute Gasteiger partial charge is 0.497 e. The van der Waals surface area contributed by atoms with Gasteiger partial charge in [0.15, 0.2) is 5.66 Å². The van der Waals surface area contributed by atoms with E-state index in [4.69, 9.17) is 19.7 Å². The Morgan fingerprint density at radius 1 is 1.16 bits per heavy atom. The Morgan fingerprint density at radius 2 is 1.88 bits per heavy atom. The molecule has 1 saturated heterocycles. The van der Waals surface area contributed by atoms with Crippen molar-refractivity contribution in [3.63, 3.8) is 0 Å². The van der Waals surface area contributed by atoms with Crippen LogP contribution in [0.1, 0.15) is 32.3 Å². The maximum Gasteiger partial charge on any atom is 0.151 e. The molecule has 0 saturated carbocycles.